The summed E-state index contributed by atoms with van der Waals surface area (Å²) >= 11 is 0. The summed E-state index contributed by atoms with van der Waals surface area (Å²) in [5, 5.41) is 3.16. The molecule has 2 saturated heterocycles. The number of rotatable bonds is 3. The third-order valence-electron chi connectivity index (χ3n) is 4.80. The minimum absolute atomic E-state index is 0.0164. The van der Waals surface area contributed by atoms with Crippen LogP contribution in [0.4, 0.5) is 24.8 Å². The topological polar surface area (TPSA) is 61.4 Å². The van der Waals surface area contributed by atoms with Crippen LogP contribution in [-0.4, -0.2) is 58.7 Å². The Morgan fingerprint density at radius 3 is 2.60 bits per heavy atom. The van der Waals surface area contributed by atoms with Crippen molar-refractivity contribution >= 4 is 17.5 Å². The molecule has 1 N–H and O–H groups in total. The van der Waals surface area contributed by atoms with E-state index in [4.69, 9.17) is 0 Å². The standard InChI is InChI=1S/C16H22F3N5O/c1-11(25)24-9-12(4-5-13(24)16(17,18)19)22-14-8-15(21-10-20-14)23-6-2-3-7-23/h8,10,12-13H,2-7,9H2,1H3,(H,20,21,22). The van der Waals surface area contributed by atoms with E-state index in [0.29, 0.717) is 12.2 Å². The van der Waals surface area contributed by atoms with Gasteiger partial charge in [0.15, 0.2) is 0 Å². The van der Waals surface area contributed by atoms with Gasteiger partial charge in [0.2, 0.25) is 5.91 Å². The fourth-order valence-electron chi connectivity index (χ4n) is 3.53. The number of hydrogen-bond acceptors (Lipinski definition) is 5. The normalized spacial score (nSPS) is 24.5. The molecule has 0 spiro atoms. The van der Waals surface area contributed by atoms with Gasteiger partial charge >= 0.3 is 6.18 Å². The highest BCUT2D eigenvalue weighted by atomic mass is 19.4. The molecule has 3 rings (SSSR count). The number of aromatic nitrogens is 2. The number of amides is 1. The molecule has 0 saturated carbocycles. The Kier molecular flexibility index (Phi) is 5.01. The molecule has 1 aromatic heterocycles. The summed E-state index contributed by atoms with van der Waals surface area (Å²) in [4.78, 5) is 23.1. The van der Waals surface area contributed by atoms with Gasteiger partial charge in [0.25, 0.3) is 0 Å². The summed E-state index contributed by atoms with van der Waals surface area (Å²) in [5.74, 6) is 0.840. The second kappa shape index (κ2) is 7.05. The van der Waals surface area contributed by atoms with Gasteiger partial charge in [0.05, 0.1) is 0 Å². The summed E-state index contributed by atoms with van der Waals surface area (Å²) in [5.41, 5.74) is 0. The minimum atomic E-state index is -4.39. The first-order chi connectivity index (χ1) is 11.8. The van der Waals surface area contributed by atoms with E-state index < -0.39 is 18.1 Å². The van der Waals surface area contributed by atoms with Crippen LogP contribution in [0, 0.1) is 0 Å². The summed E-state index contributed by atoms with van der Waals surface area (Å²) in [6.07, 6.45) is -0.458. The third-order valence-corrected chi connectivity index (χ3v) is 4.80. The maximum absolute atomic E-state index is 13.1. The predicted octanol–water partition coefficient (Wildman–Crippen LogP) is 2.43. The van der Waals surface area contributed by atoms with Crippen molar-refractivity contribution in [1.29, 1.82) is 0 Å². The lowest BCUT2D eigenvalue weighted by molar-refractivity contribution is -0.195. The van der Waals surface area contributed by atoms with Crippen molar-refractivity contribution in [1.82, 2.24) is 14.9 Å². The number of hydrogen-bond donors (Lipinski definition) is 1. The van der Waals surface area contributed by atoms with Crippen molar-refractivity contribution in [3.05, 3.63) is 12.4 Å². The number of carbonyl (C=O) groups excluding carboxylic acids is 1. The second-order valence-corrected chi connectivity index (χ2v) is 6.60. The highest BCUT2D eigenvalue weighted by molar-refractivity contribution is 5.74. The van der Waals surface area contributed by atoms with E-state index in [1.54, 1.807) is 0 Å². The van der Waals surface area contributed by atoms with Crippen LogP contribution in [0.5, 0.6) is 0 Å². The molecule has 2 fully saturated rings. The van der Waals surface area contributed by atoms with E-state index in [-0.39, 0.29) is 19.0 Å². The van der Waals surface area contributed by atoms with E-state index in [9.17, 15) is 18.0 Å². The summed E-state index contributed by atoms with van der Waals surface area (Å²) in [6, 6.07) is -0.142. The number of halogens is 3. The van der Waals surface area contributed by atoms with Gasteiger partial charge < -0.3 is 15.1 Å². The maximum atomic E-state index is 13.1. The Labute approximate surface area is 144 Å². The molecule has 9 heteroatoms. The highest BCUT2D eigenvalue weighted by Gasteiger charge is 2.47. The maximum Gasteiger partial charge on any atom is 0.408 e. The van der Waals surface area contributed by atoms with Crippen LogP contribution in [0.2, 0.25) is 0 Å². The highest BCUT2D eigenvalue weighted by Crippen LogP contribution is 2.32. The molecule has 3 heterocycles. The summed E-state index contributed by atoms with van der Waals surface area (Å²) in [6.45, 7) is 3.09. The van der Waals surface area contributed by atoms with Gasteiger partial charge in [-0.3, -0.25) is 4.79 Å². The van der Waals surface area contributed by atoms with Crippen LogP contribution < -0.4 is 10.2 Å². The van der Waals surface area contributed by atoms with Crippen LogP contribution in [0.25, 0.3) is 0 Å². The Bertz CT molecular complexity index is 618. The van der Waals surface area contributed by atoms with Gasteiger partial charge in [-0.05, 0) is 25.7 Å². The Balaban J connectivity index is 1.67. The van der Waals surface area contributed by atoms with E-state index in [1.165, 1.54) is 13.3 Å². The number of nitrogens with zero attached hydrogens (tertiary/aromatic N) is 4. The molecule has 2 atom stereocenters. The first kappa shape index (κ1) is 17.8. The van der Waals surface area contributed by atoms with E-state index in [2.05, 4.69) is 20.2 Å². The van der Waals surface area contributed by atoms with Crippen molar-refractivity contribution in [3.63, 3.8) is 0 Å². The first-order valence-electron chi connectivity index (χ1n) is 8.52. The van der Waals surface area contributed by atoms with Crippen LogP contribution in [0.3, 0.4) is 0 Å². The van der Waals surface area contributed by atoms with E-state index >= 15 is 0 Å². The van der Waals surface area contributed by atoms with Crippen LogP contribution in [-0.2, 0) is 4.79 Å². The molecule has 25 heavy (non-hydrogen) atoms. The number of carbonyl (C=O) groups is 1. The third kappa shape index (κ3) is 4.13. The van der Waals surface area contributed by atoms with Crippen LogP contribution in [0.15, 0.2) is 12.4 Å². The number of alkyl halides is 3. The van der Waals surface area contributed by atoms with E-state index in [0.717, 1.165) is 36.6 Å². The summed E-state index contributed by atoms with van der Waals surface area (Å²) in [7, 11) is 0. The zero-order valence-electron chi connectivity index (χ0n) is 14.1. The molecule has 2 unspecified atom stereocenters. The molecule has 1 aromatic rings. The zero-order valence-corrected chi connectivity index (χ0v) is 14.1. The van der Waals surface area contributed by atoms with Crippen molar-refractivity contribution in [2.75, 3.05) is 29.9 Å². The lowest BCUT2D eigenvalue weighted by atomic mass is 9.97. The van der Waals surface area contributed by atoms with Crippen molar-refractivity contribution < 1.29 is 18.0 Å². The quantitative estimate of drug-likeness (QED) is 0.900. The molecular weight excluding hydrogens is 335 g/mol. The molecule has 0 bridgehead atoms. The fraction of sp³-hybridized carbons (Fsp3) is 0.688. The smallest absolute Gasteiger partial charge is 0.365 e. The Morgan fingerprint density at radius 1 is 1.24 bits per heavy atom. The average Bonchev–Trinajstić information content (AvgIpc) is 3.08. The second-order valence-electron chi connectivity index (χ2n) is 6.60. The SMILES string of the molecule is CC(=O)N1CC(Nc2cc(N3CCCC3)ncn2)CCC1C(F)(F)F. The average molecular weight is 357 g/mol. The van der Waals surface area contributed by atoms with Crippen molar-refractivity contribution in [3.8, 4) is 0 Å². The molecule has 1 amide bonds. The number of piperidine rings is 1. The van der Waals surface area contributed by atoms with Crippen LogP contribution in [0.1, 0.15) is 32.6 Å². The van der Waals surface area contributed by atoms with Gasteiger partial charge in [-0.2, -0.15) is 13.2 Å². The van der Waals surface area contributed by atoms with Gasteiger partial charge in [-0.1, -0.05) is 0 Å². The Hall–Kier alpha value is -2.06. The lowest BCUT2D eigenvalue weighted by Gasteiger charge is -2.40. The van der Waals surface area contributed by atoms with Gasteiger partial charge in [0, 0.05) is 38.7 Å². The molecule has 0 radical (unpaired) electrons. The molecule has 2 aliphatic rings. The monoisotopic (exact) mass is 357 g/mol. The minimum Gasteiger partial charge on any atom is -0.365 e. The first-order valence-corrected chi connectivity index (χ1v) is 8.52. The number of anilines is 2. The van der Waals surface area contributed by atoms with E-state index in [1.807, 2.05) is 6.07 Å². The molecular formula is C16H22F3N5O. The largest absolute Gasteiger partial charge is 0.408 e. The molecule has 6 nitrogen and oxygen atoms in total. The fourth-order valence-corrected chi connectivity index (χ4v) is 3.53. The van der Waals surface area contributed by atoms with Gasteiger partial charge in [-0.25, -0.2) is 9.97 Å². The lowest BCUT2D eigenvalue weighted by Crippen LogP contribution is -2.55. The van der Waals surface area contributed by atoms with Gasteiger partial charge in [-0.15, -0.1) is 0 Å². The molecule has 0 aliphatic carbocycles. The molecule has 0 aromatic carbocycles. The predicted molar refractivity (Wildman–Crippen MR) is 87.4 cm³/mol. The molecule has 2 aliphatic heterocycles. The number of likely N-dealkylation sites (tertiary alicyclic amines) is 1. The summed E-state index contributed by atoms with van der Waals surface area (Å²) < 4.78 is 39.3. The van der Waals surface area contributed by atoms with Gasteiger partial charge in [0.1, 0.15) is 24.0 Å². The molecule has 138 valence electrons. The zero-order chi connectivity index (χ0) is 18.0. The van der Waals surface area contributed by atoms with Crippen molar-refractivity contribution in [2.45, 2.75) is 50.9 Å². The van der Waals surface area contributed by atoms with Crippen LogP contribution >= 0.6 is 0 Å². The number of nitrogens with one attached hydrogen (secondary N) is 1. The van der Waals surface area contributed by atoms with Crippen molar-refractivity contribution in [2.24, 2.45) is 0 Å². The Morgan fingerprint density at radius 2 is 1.96 bits per heavy atom.